The molecule has 0 radical (unpaired) electrons. The lowest BCUT2D eigenvalue weighted by atomic mass is 9.96. The van der Waals surface area contributed by atoms with Gasteiger partial charge in [0.15, 0.2) is 5.83 Å². The third kappa shape index (κ3) is 5.56. The zero-order valence-corrected chi connectivity index (χ0v) is 20.7. The molecule has 0 fully saturated rings. The number of benzene rings is 2. The molecule has 13 heteroatoms. The Kier molecular flexibility index (Phi) is 7.45. The van der Waals surface area contributed by atoms with Crippen molar-refractivity contribution < 1.29 is 31.9 Å². The molecule has 0 atom stereocenters. The van der Waals surface area contributed by atoms with Gasteiger partial charge in [-0.3, -0.25) is 9.59 Å². The number of ether oxygens (including phenoxy) is 1. The highest BCUT2D eigenvalue weighted by molar-refractivity contribution is 6.11. The third-order valence-electron chi connectivity index (χ3n) is 5.84. The fraction of sp³-hybridized carbons (Fsp3) is 0.111. The summed E-state index contributed by atoms with van der Waals surface area (Å²) in [6.45, 7) is 1.43. The molecule has 9 nitrogen and oxygen atoms in total. The largest absolute Gasteiger partial charge is 0.496 e. The molecule has 0 bridgehead atoms. The van der Waals surface area contributed by atoms with Crippen molar-refractivity contribution in [2.45, 2.75) is 6.18 Å². The van der Waals surface area contributed by atoms with Crippen LogP contribution in [0.3, 0.4) is 0 Å². The molecule has 0 aliphatic heterocycles. The number of carbonyl (C=O) groups excluding carboxylic acids is 2. The van der Waals surface area contributed by atoms with Gasteiger partial charge in [-0.25, -0.2) is 9.37 Å². The van der Waals surface area contributed by atoms with Crippen LogP contribution in [-0.2, 0) is 4.79 Å². The molecule has 0 saturated heterocycles. The molecule has 204 valence electrons. The Labute approximate surface area is 224 Å². The summed E-state index contributed by atoms with van der Waals surface area (Å²) in [6.07, 6.45) is -3.29. The van der Waals surface area contributed by atoms with Crippen LogP contribution in [0.5, 0.6) is 5.75 Å². The number of H-pyrrole nitrogens is 1. The van der Waals surface area contributed by atoms with E-state index in [2.05, 4.69) is 21.9 Å². The standard InChI is InChI=1S/C27H20F4N6O3/c1-13(28)25(38)36-17-6-3-14(4-7-17)22-20(21-23(37-22)16(10-32)11-34-24(21)33)15-5-8-18(19(9-15)40-2)26(39)35-12-27(29,30)31/h3-9,11,37H,1,12H2,2H3,(H2,33,34)(H,35,39)(H,36,38). The Balaban J connectivity index is 1.86. The Morgan fingerprint density at radius 2 is 1.85 bits per heavy atom. The predicted molar refractivity (Wildman–Crippen MR) is 140 cm³/mol. The van der Waals surface area contributed by atoms with E-state index in [0.717, 1.165) is 0 Å². The number of methoxy groups -OCH3 is 1. The lowest BCUT2D eigenvalue weighted by Gasteiger charge is -2.13. The van der Waals surface area contributed by atoms with Crippen molar-refractivity contribution in [1.29, 1.82) is 5.26 Å². The number of carbonyl (C=O) groups is 2. The number of aromatic nitrogens is 2. The van der Waals surface area contributed by atoms with Gasteiger partial charge in [0, 0.05) is 17.4 Å². The summed E-state index contributed by atoms with van der Waals surface area (Å²) >= 11 is 0. The van der Waals surface area contributed by atoms with Crippen molar-refractivity contribution in [2.24, 2.45) is 0 Å². The number of fused-ring (bicyclic) bond motifs is 1. The van der Waals surface area contributed by atoms with Crippen LogP contribution in [0.25, 0.3) is 33.3 Å². The van der Waals surface area contributed by atoms with E-state index in [0.29, 0.717) is 39.0 Å². The van der Waals surface area contributed by atoms with E-state index < -0.39 is 30.4 Å². The number of nitrogens with zero attached hydrogens (tertiary/aromatic N) is 2. The van der Waals surface area contributed by atoms with E-state index in [-0.39, 0.29) is 22.7 Å². The molecule has 2 aromatic carbocycles. The first-order chi connectivity index (χ1) is 18.9. The predicted octanol–water partition coefficient (Wildman–Crippen LogP) is 5.07. The summed E-state index contributed by atoms with van der Waals surface area (Å²) < 4.78 is 56.2. The minimum absolute atomic E-state index is 0.00930. The van der Waals surface area contributed by atoms with Crippen LogP contribution in [-0.4, -0.2) is 41.6 Å². The second kappa shape index (κ2) is 10.8. The van der Waals surface area contributed by atoms with Gasteiger partial charge in [-0.1, -0.05) is 24.8 Å². The quantitative estimate of drug-likeness (QED) is 0.186. The summed E-state index contributed by atoms with van der Waals surface area (Å²) in [5.74, 6) is -3.06. The van der Waals surface area contributed by atoms with Crippen LogP contribution in [0.15, 0.2) is 61.1 Å². The highest BCUT2D eigenvalue weighted by atomic mass is 19.4. The van der Waals surface area contributed by atoms with Gasteiger partial charge in [-0.15, -0.1) is 0 Å². The molecule has 0 unspecified atom stereocenters. The Hall–Kier alpha value is -5.38. The number of nitriles is 1. The van der Waals surface area contributed by atoms with Crippen LogP contribution >= 0.6 is 0 Å². The van der Waals surface area contributed by atoms with Gasteiger partial charge in [-0.2, -0.15) is 18.4 Å². The maximum absolute atomic E-state index is 13.1. The number of aromatic amines is 1. The zero-order valence-electron chi connectivity index (χ0n) is 20.7. The molecule has 0 spiro atoms. The highest BCUT2D eigenvalue weighted by Crippen LogP contribution is 2.42. The van der Waals surface area contributed by atoms with Gasteiger partial charge in [0.1, 0.15) is 24.2 Å². The van der Waals surface area contributed by atoms with Crippen molar-refractivity contribution >= 4 is 34.2 Å². The van der Waals surface area contributed by atoms with Gasteiger partial charge >= 0.3 is 6.18 Å². The van der Waals surface area contributed by atoms with E-state index in [1.165, 1.54) is 43.6 Å². The molecule has 0 saturated carbocycles. The van der Waals surface area contributed by atoms with Crippen molar-refractivity contribution in [1.82, 2.24) is 15.3 Å². The summed E-state index contributed by atoms with van der Waals surface area (Å²) in [5.41, 5.74) is 8.88. The number of alkyl halides is 3. The Bertz CT molecular complexity index is 1690. The molecule has 4 aromatic rings. The molecule has 5 N–H and O–H groups in total. The number of nitrogens with two attached hydrogens (primary N) is 1. The monoisotopic (exact) mass is 552 g/mol. The lowest BCUT2D eigenvalue weighted by Crippen LogP contribution is -2.33. The SMILES string of the molecule is C=C(F)C(=O)Nc1ccc(-c2[nH]c3c(C#N)cnc(N)c3c2-c2ccc(C(=O)NCC(F)(F)F)c(OC)c2)cc1. The summed E-state index contributed by atoms with van der Waals surface area (Å²) in [5, 5.41) is 14.2. The first-order valence-corrected chi connectivity index (χ1v) is 11.4. The number of nitrogen functional groups attached to an aromatic ring is 1. The van der Waals surface area contributed by atoms with Gasteiger partial charge in [0.25, 0.3) is 11.8 Å². The first-order valence-electron chi connectivity index (χ1n) is 11.4. The van der Waals surface area contributed by atoms with Gasteiger partial charge in [-0.05, 0) is 35.4 Å². The minimum Gasteiger partial charge on any atom is -0.496 e. The third-order valence-corrected chi connectivity index (χ3v) is 5.84. The molecule has 2 aromatic heterocycles. The summed E-state index contributed by atoms with van der Waals surface area (Å²) in [6, 6.07) is 12.6. The second-order valence-corrected chi connectivity index (χ2v) is 8.44. The number of nitrogens with one attached hydrogen (secondary N) is 3. The van der Waals surface area contributed by atoms with Crippen LogP contribution in [0, 0.1) is 11.3 Å². The minimum atomic E-state index is -4.59. The number of anilines is 2. The summed E-state index contributed by atoms with van der Waals surface area (Å²) in [7, 11) is 1.26. The number of amides is 2. The molecule has 2 heterocycles. The fourth-order valence-electron chi connectivity index (χ4n) is 4.04. The Morgan fingerprint density at radius 3 is 2.45 bits per heavy atom. The number of halogens is 4. The Morgan fingerprint density at radius 1 is 1.18 bits per heavy atom. The smallest absolute Gasteiger partial charge is 0.405 e. The number of rotatable bonds is 7. The average Bonchev–Trinajstić information content (AvgIpc) is 3.33. The molecular formula is C27H20F4N6O3. The van der Waals surface area contributed by atoms with E-state index >= 15 is 0 Å². The maximum atomic E-state index is 13.1. The average molecular weight is 552 g/mol. The highest BCUT2D eigenvalue weighted by Gasteiger charge is 2.29. The van der Waals surface area contributed by atoms with Crippen LogP contribution < -0.4 is 21.1 Å². The molecule has 2 amide bonds. The van der Waals surface area contributed by atoms with E-state index in [1.807, 2.05) is 11.4 Å². The van der Waals surface area contributed by atoms with Crippen molar-refractivity contribution in [3.05, 3.63) is 72.2 Å². The van der Waals surface area contributed by atoms with Gasteiger partial charge in [0.05, 0.1) is 34.8 Å². The fourth-order valence-corrected chi connectivity index (χ4v) is 4.04. The second-order valence-electron chi connectivity index (χ2n) is 8.44. The van der Waals surface area contributed by atoms with Crippen LogP contribution in [0.2, 0.25) is 0 Å². The normalized spacial score (nSPS) is 11.1. The molecule has 0 aliphatic rings. The molecule has 40 heavy (non-hydrogen) atoms. The number of pyridine rings is 1. The van der Waals surface area contributed by atoms with Crippen molar-refractivity contribution in [3.8, 4) is 34.2 Å². The molecular weight excluding hydrogens is 532 g/mol. The van der Waals surface area contributed by atoms with Crippen molar-refractivity contribution in [3.63, 3.8) is 0 Å². The van der Waals surface area contributed by atoms with E-state index in [1.54, 1.807) is 12.1 Å². The van der Waals surface area contributed by atoms with Crippen molar-refractivity contribution in [2.75, 3.05) is 24.7 Å². The number of hydrogen-bond donors (Lipinski definition) is 4. The lowest BCUT2D eigenvalue weighted by molar-refractivity contribution is -0.123. The topological polar surface area (TPSA) is 146 Å². The maximum Gasteiger partial charge on any atom is 0.405 e. The van der Waals surface area contributed by atoms with Crippen LogP contribution in [0.4, 0.5) is 29.1 Å². The number of hydrogen-bond acceptors (Lipinski definition) is 6. The van der Waals surface area contributed by atoms with Gasteiger partial charge < -0.3 is 26.1 Å². The summed E-state index contributed by atoms with van der Waals surface area (Å²) in [4.78, 5) is 31.3. The van der Waals surface area contributed by atoms with Crippen LogP contribution in [0.1, 0.15) is 15.9 Å². The van der Waals surface area contributed by atoms with E-state index in [9.17, 15) is 32.4 Å². The van der Waals surface area contributed by atoms with E-state index in [4.69, 9.17) is 10.5 Å². The first kappa shape index (κ1) is 27.6. The van der Waals surface area contributed by atoms with Gasteiger partial charge in [0.2, 0.25) is 0 Å². The molecule has 0 aliphatic carbocycles. The molecule has 4 rings (SSSR count). The zero-order chi connectivity index (χ0) is 29.2.